The van der Waals surface area contributed by atoms with Gasteiger partial charge in [-0.25, -0.2) is 0 Å². The molecule has 132 valence electrons. The van der Waals surface area contributed by atoms with Crippen molar-refractivity contribution in [1.82, 2.24) is 10.2 Å². The van der Waals surface area contributed by atoms with Crippen molar-refractivity contribution in [3.05, 3.63) is 70.7 Å². The molecule has 0 saturated carbocycles. The first kappa shape index (κ1) is 19.0. The standard InChI is InChI=1S/C20H23ClN2O2/c1-3-18(20(25)22-2)23(14-15-8-5-4-6-9-15)19(24)13-16-10-7-11-17(21)12-16/h4-12,18H,3,13-14H2,1-2H3,(H,22,25)/t18-/m0/s1. The van der Waals surface area contributed by atoms with Crippen LogP contribution in [-0.4, -0.2) is 29.8 Å². The molecule has 0 aromatic heterocycles. The summed E-state index contributed by atoms with van der Waals surface area (Å²) in [5, 5.41) is 3.25. The van der Waals surface area contributed by atoms with Crippen LogP contribution in [0.3, 0.4) is 0 Å². The molecule has 1 atom stereocenters. The molecule has 0 radical (unpaired) electrons. The third-order valence-electron chi connectivity index (χ3n) is 4.07. The van der Waals surface area contributed by atoms with Crippen LogP contribution in [0.25, 0.3) is 0 Å². The molecular formula is C20H23ClN2O2. The topological polar surface area (TPSA) is 49.4 Å². The summed E-state index contributed by atoms with van der Waals surface area (Å²) in [6.45, 7) is 2.30. The Hall–Kier alpha value is -2.33. The fourth-order valence-electron chi connectivity index (χ4n) is 2.79. The highest BCUT2D eigenvalue weighted by Crippen LogP contribution is 2.16. The average molecular weight is 359 g/mol. The largest absolute Gasteiger partial charge is 0.357 e. The molecular weight excluding hydrogens is 336 g/mol. The summed E-state index contributed by atoms with van der Waals surface area (Å²) in [5.74, 6) is -0.251. The summed E-state index contributed by atoms with van der Waals surface area (Å²) in [7, 11) is 1.59. The van der Waals surface area contributed by atoms with E-state index in [0.29, 0.717) is 18.0 Å². The van der Waals surface area contributed by atoms with Crippen molar-refractivity contribution in [3.63, 3.8) is 0 Å². The predicted molar refractivity (Wildman–Crippen MR) is 100 cm³/mol. The van der Waals surface area contributed by atoms with Crippen LogP contribution in [0.1, 0.15) is 24.5 Å². The molecule has 2 rings (SSSR count). The van der Waals surface area contributed by atoms with E-state index >= 15 is 0 Å². The maximum absolute atomic E-state index is 13.0. The smallest absolute Gasteiger partial charge is 0.242 e. The lowest BCUT2D eigenvalue weighted by atomic mass is 10.1. The highest BCUT2D eigenvalue weighted by molar-refractivity contribution is 6.30. The Labute approximate surface area is 153 Å². The molecule has 0 aliphatic heterocycles. The second kappa shape index (κ2) is 9.23. The van der Waals surface area contributed by atoms with Crippen LogP contribution in [0, 0.1) is 0 Å². The summed E-state index contributed by atoms with van der Waals surface area (Å²) >= 11 is 6.01. The molecule has 0 saturated heterocycles. The van der Waals surface area contributed by atoms with E-state index in [9.17, 15) is 9.59 Å². The van der Waals surface area contributed by atoms with Crippen molar-refractivity contribution < 1.29 is 9.59 Å². The lowest BCUT2D eigenvalue weighted by Gasteiger charge is -2.30. The first-order valence-corrected chi connectivity index (χ1v) is 8.72. The van der Waals surface area contributed by atoms with E-state index in [4.69, 9.17) is 11.6 Å². The normalized spacial score (nSPS) is 11.6. The average Bonchev–Trinajstić information content (AvgIpc) is 2.62. The van der Waals surface area contributed by atoms with Gasteiger partial charge in [-0.2, -0.15) is 0 Å². The van der Waals surface area contributed by atoms with Crippen LogP contribution in [-0.2, 0) is 22.6 Å². The minimum Gasteiger partial charge on any atom is -0.357 e. The fraction of sp³-hybridized carbons (Fsp3) is 0.300. The van der Waals surface area contributed by atoms with Crippen LogP contribution in [0.2, 0.25) is 5.02 Å². The zero-order valence-corrected chi connectivity index (χ0v) is 15.3. The zero-order chi connectivity index (χ0) is 18.2. The molecule has 0 aliphatic rings. The Morgan fingerprint density at radius 2 is 1.76 bits per heavy atom. The number of carbonyl (C=O) groups excluding carboxylic acids is 2. The SMILES string of the molecule is CC[C@@H](C(=O)NC)N(Cc1ccccc1)C(=O)Cc1cccc(Cl)c1. The predicted octanol–water partition coefficient (Wildman–Crippen LogP) is 3.44. The summed E-state index contributed by atoms with van der Waals surface area (Å²) in [4.78, 5) is 26.9. The van der Waals surface area contributed by atoms with E-state index in [2.05, 4.69) is 5.32 Å². The number of rotatable bonds is 7. The van der Waals surface area contributed by atoms with Gasteiger partial charge < -0.3 is 10.2 Å². The number of hydrogen-bond acceptors (Lipinski definition) is 2. The molecule has 0 bridgehead atoms. The number of halogens is 1. The summed E-state index contributed by atoms with van der Waals surface area (Å²) in [6.07, 6.45) is 0.759. The number of amides is 2. The first-order valence-electron chi connectivity index (χ1n) is 8.34. The van der Waals surface area contributed by atoms with Gasteiger partial charge in [-0.15, -0.1) is 0 Å². The Balaban J connectivity index is 2.25. The maximum Gasteiger partial charge on any atom is 0.242 e. The lowest BCUT2D eigenvalue weighted by Crippen LogP contribution is -2.48. The van der Waals surface area contributed by atoms with Crippen LogP contribution < -0.4 is 5.32 Å². The van der Waals surface area contributed by atoms with Crippen molar-refractivity contribution >= 4 is 23.4 Å². The van der Waals surface area contributed by atoms with Gasteiger partial charge in [-0.1, -0.05) is 61.0 Å². The molecule has 25 heavy (non-hydrogen) atoms. The molecule has 2 aromatic rings. The molecule has 2 aromatic carbocycles. The van der Waals surface area contributed by atoms with Gasteiger partial charge in [0, 0.05) is 18.6 Å². The van der Waals surface area contributed by atoms with Gasteiger partial charge in [0.2, 0.25) is 11.8 Å². The van der Waals surface area contributed by atoms with E-state index in [1.54, 1.807) is 24.1 Å². The monoisotopic (exact) mass is 358 g/mol. The second-order valence-electron chi connectivity index (χ2n) is 5.85. The van der Waals surface area contributed by atoms with Gasteiger partial charge in [0.15, 0.2) is 0 Å². The number of hydrogen-bond donors (Lipinski definition) is 1. The molecule has 0 spiro atoms. The second-order valence-corrected chi connectivity index (χ2v) is 6.29. The number of carbonyl (C=O) groups is 2. The Morgan fingerprint density at radius 3 is 2.36 bits per heavy atom. The number of nitrogens with one attached hydrogen (secondary N) is 1. The third-order valence-corrected chi connectivity index (χ3v) is 4.31. The molecule has 5 heteroatoms. The Bertz CT molecular complexity index is 719. The van der Waals surface area contributed by atoms with Crippen molar-refractivity contribution in [2.45, 2.75) is 32.4 Å². The highest BCUT2D eigenvalue weighted by Gasteiger charge is 2.27. The number of likely N-dealkylation sites (N-methyl/N-ethyl adjacent to an activating group) is 1. The molecule has 0 heterocycles. The third kappa shape index (κ3) is 5.33. The van der Waals surface area contributed by atoms with E-state index in [1.165, 1.54) is 0 Å². The van der Waals surface area contributed by atoms with Gasteiger partial charge in [0.25, 0.3) is 0 Å². The molecule has 2 amide bonds. The Kier molecular flexibility index (Phi) is 7.02. The van der Waals surface area contributed by atoms with E-state index in [-0.39, 0.29) is 18.2 Å². The fourth-order valence-corrected chi connectivity index (χ4v) is 3.00. The molecule has 0 fully saturated rings. The van der Waals surface area contributed by atoms with Crippen molar-refractivity contribution in [1.29, 1.82) is 0 Å². The van der Waals surface area contributed by atoms with Crippen LogP contribution in [0.15, 0.2) is 54.6 Å². The van der Waals surface area contributed by atoms with E-state index < -0.39 is 6.04 Å². The molecule has 4 nitrogen and oxygen atoms in total. The molecule has 1 N–H and O–H groups in total. The van der Waals surface area contributed by atoms with Crippen molar-refractivity contribution in [3.8, 4) is 0 Å². The number of nitrogens with zero attached hydrogens (tertiary/aromatic N) is 1. The van der Waals surface area contributed by atoms with Gasteiger partial charge in [-0.3, -0.25) is 9.59 Å². The van der Waals surface area contributed by atoms with Crippen LogP contribution in [0.4, 0.5) is 0 Å². The number of benzene rings is 2. The lowest BCUT2D eigenvalue weighted by molar-refractivity contribution is -0.140. The van der Waals surface area contributed by atoms with Gasteiger partial charge >= 0.3 is 0 Å². The van der Waals surface area contributed by atoms with Gasteiger partial charge in [0.05, 0.1) is 6.42 Å². The van der Waals surface area contributed by atoms with E-state index in [0.717, 1.165) is 11.1 Å². The molecule has 0 aliphatic carbocycles. The van der Waals surface area contributed by atoms with Gasteiger partial charge in [-0.05, 0) is 29.7 Å². The first-order chi connectivity index (χ1) is 12.0. The Morgan fingerprint density at radius 1 is 1.08 bits per heavy atom. The van der Waals surface area contributed by atoms with Gasteiger partial charge in [0.1, 0.15) is 6.04 Å². The summed E-state index contributed by atoms with van der Waals surface area (Å²) in [6, 6.07) is 16.4. The quantitative estimate of drug-likeness (QED) is 0.824. The summed E-state index contributed by atoms with van der Waals surface area (Å²) < 4.78 is 0. The molecule has 0 unspecified atom stereocenters. The zero-order valence-electron chi connectivity index (χ0n) is 14.5. The van der Waals surface area contributed by atoms with Crippen LogP contribution in [0.5, 0.6) is 0 Å². The van der Waals surface area contributed by atoms with Crippen molar-refractivity contribution in [2.24, 2.45) is 0 Å². The summed E-state index contributed by atoms with van der Waals surface area (Å²) in [5.41, 5.74) is 1.83. The van der Waals surface area contributed by atoms with Crippen LogP contribution >= 0.6 is 11.6 Å². The van der Waals surface area contributed by atoms with Crippen molar-refractivity contribution in [2.75, 3.05) is 7.05 Å². The van der Waals surface area contributed by atoms with E-state index in [1.807, 2.05) is 49.4 Å². The minimum absolute atomic E-state index is 0.0958. The highest BCUT2D eigenvalue weighted by atomic mass is 35.5. The minimum atomic E-state index is -0.503. The maximum atomic E-state index is 13.0.